The summed E-state index contributed by atoms with van der Waals surface area (Å²) in [6.07, 6.45) is 9.97. The minimum Gasteiger partial charge on any atom is -0.335 e. The molecule has 1 aromatic heterocycles. The van der Waals surface area contributed by atoms with Crippen LogP contribution in [0.4, 0.5) is 0 Å². The molecule has 3 nitrogen and oxygen atoms in total. The minimum absolute atomic E-state index is 0.563. The van der Waals surface area contributed by atoms with Gasteiger partial charge in [-0.3, -0.25) is 0 Å². The zero-order valence-corrected chi connectivity index (χ0v) is 13.2. The second-order valence-corrected chi connectivity index (χ2v) is 5.64. The van der Waals surface area contributed by atoms with E-state index in [0.717, 1.165) is 25.4 Å². The first-order valence-corrected chi connectivity index (χ1v) is 7.94. The van der Waals surface area contributed by atoms with Gasteiger partial charge in [0.1, 0.15) is 5.82 Å². The molecule has 1 aromatic rings. The molecule has 1 rings (SSSR count). The first kappa shape index (κ1) is 16.2. The first-order chi connectivity index (χ1) is 9.21. The second kappa shape index (κ2) is 9.13. The van der Waals surface area contributed by atoms with E-state index in [2.05, 4.69) is 48.8 Å². The van der Waals surface area contributed by atoms with Crippen LogP contribution >= 0.6 is 0 Å². The van der Waals surface area contributed by atoms with Gasteiger partial charge in [0.05, 0.1) is 0 Å². The van der Waals surface area contributed by atoms with Gasteiger partial charge in [-0.05, 0) is 31.7 Å². The maximum atomic E-state index is 4.54. The smallest absolute Gasteiger partial charge is 0.110 e. The monoisotopic (exact) mass is 265 g/mol. The van der Waals surface area contributed by atoms with Crippen molar-refractivity contribution >= 4 is 0 Å². The Morgan fingerprint density at radius 2 is 2.05 bits per heavy atom. The number of imidazole rings is 1. The highest BCUT2D eigenvalue weighted by atomic mass is 15.1. The van der Waals surface area contributed by atoms with Crippen LogP contribution in [-0.4, -0.2) is 22.1 Å². The van der Waals surface area contributed by atoms with Crippen molar-refractivity contribution in [3.05, 3.63) is 18.2 Å². The van der Waals surface area contributed by atoms with Crippen LogP contribution in [0.5, 0.6) is 0 Å². The van der Waals surface area contributed by atoms with Crippen LogP contribution in [0.3, 0.4) is 0 Å². The zero-order valence-electron chi connectivity index (χ0n) is 13.2. The van der Waals surface area contributed by atoms with E-state index in [1.165, 1.54) is 31.5 Å². The molecule has 0 radical (unpaired) electrons. The maximum Gasteiger partial charge on any atom is 0.110 e. The lowest BCUT2D eigenvalue weighted by Crippen LogP contribution is -2.34. The fourth-order valence-corrected chi connectivity index (χ4v) is 2.43. The van der Waals surface area contributed by atoms with Crippen LogP contribution in [0.2, 0.25) is 0 Å². The Kier molecular flexibility index (Phi) is 7.80. The molecular formula is C16H31N3. The van der Waals surface area contributed by atoms with Crippen LogP contribution in [-0.2, 0) is 13.0 Å². The molecule has 3 heteroatoms. The van der Waals surface area contributed by atoms with Gasteiger partial charge >= 0.3 is 0 Å². The number of rotatable bonds is 10. The van der Waals surface area contributed by atoms with E-state index >= 15 is 0 Å². The van der Waals surface area contributed by atoms with Crippen molar-refractivity contribution in [3.63, 3.8) is 0 Å². The lowest BCUT2D eigenvalue weighted by atomic mass is 9.97. The summed E-state index contributed by atoms with van der Waals surface area (Å²) in [5.41, 5.74) is 0. The quantitative estimate of drug-likeness (QED) is 0.700. The van der Waals surface area contributed by atoms with Gasteiger partial charge in [-0.25, -0.2) is 4.98 Å². The van der Waals surface area contributed by atoms with E-state index in [-0.39, 0.29) is 0 Å². The van der Waals surface area contributed by atoms with E-state index in [1.807, 2.05) is 6.20 Å². The van der Waals surface area contributed by atoms with Crippen molar-refractivity contribution in [1.82, 2.24) is 14.9 Å². The third-order valence-corrected chi connectivity index (χ3v) is 3.76. The molecule has 2 unspecified atom stereocenters. The molecule has 0 aromatic carbocycles. The third-order valence-electron chi connectivity index (χ3n) is 3.76. The highest BCUT2D eigenvalue weighted by Gasteiger charge is 2.15. The Morgan fingerprint density at radius 3 is 2.68 bits per heavy atom. The predicted molar refractivity (Wildman–Crippen MR) is 82.4 cm³/mol. The lowest BCUT2D eigenvalue weighted by Gasteiger charge is -2.22. The number of aromatic nitrogens is 2. The summed E-state index contributed by atoms with van der Waals surface area (Å²) in [4.78, 5) is 4.54. The summed E-state index contributed by atoms with van der Waals surface area (Å²) in [5.74, 6) is 2.02. The zero-order chi connectivity index (χ0) is 14.1. The van der Waals surface area contributed by atoms with Crippen molar-refractivity contribution in [2.75, 3.05) is 6.54 Å². The number of hydrogen-bond donors (Lipinski definition) is 1. The van der Waals surface area contributed by atoms with Crippen molar-refractivity contribution in [2.24, 2.45) is 5.92 Å². The second-order valence-electron chi connectivity index (χ2n) is 5.64. The van der Waals surface area contributed by atoms with Gasteiger partial charge in [0.15, 0.2) is 0 Å². The molecule has 0 amide bonds. The maximum absolute atomic E-state index is 4.54. The summed E-state index contributed by atoms with van der Waals surface area (Å²) < 4.78 is 2.30. The molecule has 0 saturated heterocycles. The van der Waals surface area contributed by atoms with Gasteiger partial charge in [0.2, 0.25) is 0 Å². The highest BCUT2D eigenvalue weighted by molar-refractivity contribution is 4.96. The van der Waals surface area contributed by atoms with E-state index < -0.39 is 0 Å². The topological polar surface area (TPSA) is 29.9 Å². The van der Waals surface area contributed by atoms with E-state index in [0.29, 0.717) is 6.04 Å². The molecule has 2 atom stereocenters. The molecule has 19 heavy (non-hydrogen) atoms. The first-order valence-electron chi connectivity index (χ1n) is 7.94. The summed E-state index contributed by atoms with van der Waals surface area (Å²) in [6.45, 7) is 11.3. The Hall–Kier alpha value is -0.830. The summed E-state index contributed by atoms with van der Waals surface area (Å²) in [6, 6.07) is 0.563. The molecule has 0 spiro atoms. The Balaban J connectivity index is 2.61. The number of nitrogens with one attached hydrogen (secondary N) is 1. The Bertz CT molecular complexity index is 332. The van der Waals surface area contributed by atoms with Crippen LogP contribution in [0.25, 0.3) is 0 Å². The number of hydrogen-bond acceptors (Lipinski definition) is 2. The summed E-state index contributed by atoms with van der Waals surface area (Å²) >= 11 is 0. The number of aryl methyl sites for hydroxylation is 1. The molecule has 0 fully saturated rings. The number of nitrogens with zero attached hydrogens (tertiary/aromatic N) is 2. The molecule has 0 aliphatic carbocycles. The fourth-order valence-electron chi connectivity index (χ4n) is 2.43. The van der Waals surface area contributed by atoms with Crippen LogP contribution in [0.15, 0.2) is 12.4 Å². The van der Waals surface area contributed by atoms with Crippen molar-refractivity contribution in [1.29, 1.82) is 0 Å². The average Bonchev–Trinajstić information content (AvgIpc) is 2.83. The van der Waals surface area contributed by atoms with Gasteiger partial charge in [-0.1, -0.05) is 34.1 Å². The van der Waals surface area contributed by atoms with Crippen LogP contribution in [0, 0.1) is 5.92 Å². The van der Waals surface area contributed by atoms with Gasteiger partial charge in [0.25, 0.3) is 0 Å². The van der Waals surface area contributed by atoms with Gasteiger partial charge in [-0.2, -0.15) is 0 Å². The van der Waals surface area contributed by atoms with Crippen molar-refractivity contribution in [3.8, 4) is 0 Å². The average molecular weight is 265 g/mol. The highest BCUT2D eigenvalue weighted by Crippen LogP contribution is 2.14. The van der Waals surface area contributed by atoms with E-state index in [4.69, 9.17) is 0 Å². The van der Waals surface area contributed by atoms with Gasteiger partial charge in [-0.15, -0.1) is 0 Å². The summed E-state index contributed by atoms with van der Waals surface area (Å²) in [7, 11) is 0. The van der Waals surface area contributed by atoms with Crippen LogP contribution in [0.1, 0.15) is 59.2 Å². The molecule has 0 saturated carbocycles. The van der Waals surface area contributed by atoms with Crippen molar-refractivity contribution in [2.45, 2.75) is 72.4 Å². The molecule has 0 bridgehead atoms. The normalized spacial score (nSPS) is 14.5. The predicted octanol–water partition coefficient (Wildman–Crippen LogP) is 3.64. The standard InChI is InChI=1S/C16H31N3/c1-5-8-17-15(12-14(4)7-3)13-16-18-9-11-19(16)10-6-2/h9,11,14-15,17H,5-8,10,12-13H2,1-4H3. The van der Waals surface area contributed by atoms with Crippen molar-refractivity contribution < 1.29 is 0 Å². The lowest BCUT2D eigenvalue weighted by molar-refractivity contribution is 0.383. The van der Waals surface area contributed by atoms with Crippen LogP contribution < -0.4 is 5.32 Å². The van der Waals surface area contributed by atoms with E-state index in [9.17, 15) is 0 Å². The molecular weight excluding hydrogens is 234 g/mol. The van der Waals surface area contributed by atoms with Gasteiger partial charge in [0, 0.05) is 31.4 Å². The third kappa shape index (κ3) is 5.77. The molecule has 1 N–H and O–H groups in total. The largest absolute Gasteiger partial charge is 0.335 e. The molecule has 0 aliphatic rings. The molecule has 110 valence electrons. The fraction of sp³-hybridized carbons (Fsp3) is 0.812. The SMILES string of the molecule is CCCNC(Cc1nccn1CCC)CC(C)CC. The Labute approximate surface area is 118 Å². The summed E-state index contributed by atoms with van der Waals surface area (Å²) in [5, 5.41) is 3.69. The molecule has 0 aliphatic heterocycles. The minimum atomic E-state index is 0.563. The van der Waals surface area contributed by atoms with E-state index in [1.54, 1.807) is 0 Å². The van der Waals surface area contributed by atoms with Gasteiger partial charge < -0.3 is 9.88 Å². The molecule has 1 heterocycles. The Morgan fingerprint density at radius 1 is 1.26 bits per heavy atom.